The number of nitrogens with two attached hydrogens (primary N) is 1. The van der Waals surface area contributed by atoms with E-state index in [4.69, 9.17) is 5.73 Å². The van der Waals surface area contributed by atoms with Crippen molar-refractivity contribution in [2.75, 3.05) is 52.0 Å². The van der Waals surface area contributed by atoms with E-state index < -0.39 is 0 Å². The van der Waals surface area contributed by atoms with Crippen molar-refractivity contribution in [2.24, 2.45) is 0 Å². The fraction of sp³-hybridized carbons (Fsp3) is 0.276. The number of nitrogen functional groups attached to an aromatic ring is 1. The summed E-state index contributed by atoms with van der Waals surface area (Å²) in [5.41, 5.74) is 11.8. The Kier molecular flexibility index (Phi) is 6.78. The maximum absolute atomic E-state index is 13.6. The third kappa shape index (κ3) is 4.98. The highest BCUT2D eigenvalue weighted by molar-refractivity contribution is 6.06. The van der Waals surface area contributed by atoms with Gasteiger partial charge in [-0.3, -0.25) is 9.69 Å². The first-order valence-electron chi connectivity index (χ1n) is 12.4. The fourth-order valence-corrected chi connectivity index (χ4v) is 5.07. The molecule has 3 aromatic rings. The van der Waals surface area contributed by atoms with Crippen LogP contribution in [0.4, 0.5) is 5.95 Å². The molecule has 190 valence electrons. The summed E-state index contributed by atoms with van der Waals surface area (Å²) >= 11 is 0. The second-order valence-electron chi connectivity index (χ2n) is 9.70. The van der Waals surface area contributed by atoms with E-state index in [2.05, 4.69) is 40.0 Å². The summed E-state index contributed by atoms with van der Waals surface area (Å²) < 4.78 is 0. The standard InChI is InChI=1S/C29H32N6O2/c1-4-19-17-35(18-20(19)5-2)28(37)27-25-15-21(6-9-26(25)31-29(30)32-27)24-8-7-23(36)14-22(24)16-34-12-10-33(3)11-13-34/h4-9,14-15,36H,1-2,10-13,16-18H2,3H3,(H2,30,31,32). The first kappa shape index (κ1) is 24.7. The van der Waals surface area contributed by atoms with Gasteiger partial charge in [-0.05, 0) is 59.1 Å². The van der Waals surface area contributed by atoms with Crippen LogP contribution in [0.5, 0.6) is 5.75 Å². The minimum atomic E-state index is -0.212. The minimum absolute atomic E-state index is 0.0593. The van der Waals surface area contributed by atoms with Gasteiger partial charge in [0.15, 0.2) is 0 Å². The Hall–Kier alpha value is -4.01. The second kappa shape index (κ2) is 10.2. The predicted octanol–water partition coefficient (Wildman–Crippen LogP) is 3.46. The molecule has 3 heterocycles. The molecule has 1 saturated heterocycles. The number of phenols is 1. The first-order chi connectivity index (χ1) is 17.9. The summed E-state index contributed by atoms with van der Waals surface area (Å²) in [4.78, 5) is 28.8. The second-order valence-corrected chi connectivity index (χ2v) is 9.70. The monoisotopic (exact) mass is 496 g/mol. The lowest BCUT2D eigenvalue weighted by molar-refractivity contribution is 0.0793. The van der Waals surface area contributed by atoms with Crippen LogP contribution in [0, 0.1) is 0 Å². The lowest BCUT2D eigenvalue weighted by atomic mass is 9.96. The average molecular weight is 497 g/mol. The number of carbonyl (C=O) groups excluding carboxylic acids is 1. The molecular weight excluding hydrogens is 464 g/mol. The topological polar surface area (TPSA) is 98.8 Å². The molecule has 2 aliphatic heterocycles. The lowest BCUT2D eigenvalue weighted by Gasteiger charge is -2.32. The van der Waals surface area contributed by atoms with E-state index in [-0.39, 0.29) is 23.3 Å². The van der Waals surface area contributed by atoms with Crippen molar-refractivity contribution in [3.8, 4) is 16.9 Å². The van der Waals surface area contributed by atoms with E-state index in [1.54, 1.807) is 23.1 Å². The van der Waals surface area contributed by atoms with Gasteiger partial charge in [0.1, 0.15) is 11.4 Å². The molecule has 0 radical (unpaired) electrons. The normalized spacial score (nSPS) is 16.9. The molecule has 0 bridgehead atoms. The molecule has 2 aromatic carbocycles. The molecule has 0 aliphatic carbocycles. The van der Waals surface area contributed by atoms with Crippen LogP contribution in [0.1, 0.15) is 16.1 Å². The van der Waals surface area contributed by atoms with Crippen LogP contribution in [0.25, 0.3) is 22.0 Å². The number of carbonyl (C=O) groups is 1. The number of hydrogen-bond acceptors (Lipinski definition) is 7. The zero-order valence-electron chi connectivity index (χ0n) is 21.2. The Morgan fingerprint density at radius 1 is 1.03 bits per heavy atom. The highest BCUT2D eigenvalue weighted by atomic mass is 16.3. The van der Waals surface area contributed by atoms with Crippen LogP contribution in [0.15, 0.2) is 72.9 Å². The van der Waals surface area contributed by atoms with E-state index in [1.165, 1.54) is 0 Å². The Labute approximate surface area is 217 Å². The molecular formula is C29H32N6O2. The number of phenolic OH excluding ortho intramolecular Hbond substituents is 1. The molecule has 2 aliphatic rings. The van der Waals surface area contributed by atoms with Gasteiger partial charge in [0.05, 0.1) is 5.52 Å². The van der Waals surface area contributed by atoms with Gasteiger partial charge in [-0.15, -0.1) is 0 Å². The Morgan fingerprint density at radius 2 is 1.73 bits per heavy atom. The molecule has 8 heteroatoms. The first-order valence-corrected chi connectivity index (χ1v) is 12.4. The Morgan fingerprint density at radius 3 is 2.41 bits per heavy atom. The van der Waals surface area contributed by atoms with Crippen molar-refractivity contribution in [2.45, 2.75) is 6.54 Å². The van der Waals surface area contributed by atoms with Crippen molar-refractivity contribution < 1.29 is 9.90 Å². The predicted molar refractivity (Wildman–Crippen MR) is 147 cm³/mol. The molecule has 1 fully saturated rings. The summed E-state index contributed by atoms with van der Waals surface area (Å²) in [7, 11) is 2.13. The molecule has 0 spiro atoms. The van der Waals surface area contributed by atoms with Crippen molar-refractivity contribution in [3.63, 3.8) is 0 Å². The maximum Gasteiger partial charge on any atom is 0.273 e. The van der Waals surface area contributed by atoms with Gasteiger partial charge in [-0.1, -0.05) is 37.4 Å². The van der Waals surface area contributed by atoms with Crippen LogP contribution in [0.3, 0.4) is 0 Å². The highest BCUT2D eigenvalue weighted by Gasteiger charge is 2.27. The summed E-state index contributed by atoms with van der Waals surface area (Å²) in [6.45, 7) is 13.3. The molecule has 8 nitrogen and oxygen atoms in total. The maximum atomic E-state index is 13.6. The smallest absolute Gasteiger partial charge is 0.273 e. The molecule has 0 unspecified atom stereocenters. The number of amides is 1. The van der Waals surface area contributed by atoms with Crippen molar-refractivity contribution in [1.29, 1.82) is 0 Å². The summed E-state index contributed by atoms with van der Waals surface area (Å²) in [5, 5.41) is 10.9. The number of nitrogens with zero attached hydrogens (tertiary/aromatic N) is 5. The highest BCUT2D eigenvalue weighted by Crippen LogP contribution is 2.32. The number of hydrogen-bond donors (Lipinski definition) is 2. The SMILES string of the molecule is C=CC1=C(C=C)CN(C(=O)c2nc(N)nc3ccc(-c4ccc(O)cc4CN4CCN(C)CC4)cc23)C1. The third-order valence-electron chi connectivity index (χ3n) is 7.22. The third-order valence-corrected chi connectivity index (χ3v) is 7.22. The van der Waals surface area contributed by atoms with Crippen LogP contribution in [0.2, 0.25) is 0 Å². The molecule has 5 rings (SSSR count). The molecule has 1 amide bonds. The molecule has 3 N–H and O–H groups in total. The van der Waals surface area contributed by atoms with Crippen molar-refractivity contribution in [1.82, 2.24) is 24.7 Å². The van der Waals surface area contributed by atoms with Gasteiger partial charge in [0.25, 0.3) is 5.91 Å². The van der Waals surface area contributed by atoms with E-state index in [1.807, 2.05) is 30.3 Å². The van der Waals surface area contributed by atoms with E-state index >= 15 is 0 Å². The van der Waals surface area contributed by atoms with Crippen LogP contribution in [-0.4, -0.2) is 82.0 Å². The van der Waals surface area contributed by atoms with Gasteiger partial charge in [0.2, 0.25) is 5.95 Å². The number of fused-ring (bicyclic) bond motifs is 1. The molecule has 0 atom stereocenters. The quantitative estimate of drug-likeness (QED) is 0.539. The zero-order valence-corrected chi connectivity index (χ0v) is 21.2. The van der Waals surface area contributed by atoms with Crippen LogP contribution < -0.4 is 5.73 Å². The van der Waals surface area contributed by atoms with Gasteiger partial charge >= 0.3 is 0 Å². The minimum Gasteiger partial charge on any atom is -0.508 e. The van der Waals surface area contributed by atoms with Gasteiger partial charge in [-0.25, -0.2) is 9.97 Å². The van der Waals surface area contributed by atoms with Crippen molar-refractivity contribution >= 4 is 22.8 Å². The van der Waals surface area contributed by atoms with Crippen LogP contribution in [-0.2, 0) is 6.54 Å². The number of piperazine rings is 1. The summed E-state index contributed by atoms with van der Waals surface area (Å²) in [6.07, 6.45) is 3.53. The molecule has 37 heavy (non-hydrogen) atoms. The van der Waals surface area contributed by atoms with Gasteiger partial charge < -0.3 is 20.6 Å². The number of likely N-dealkylation sites (N-methyl/N-ethyl adjacent to an activating group) is 1. The Bertz CT molecular complexity index is 1400. The summed E-state index contributed by atoms with van der Waals surface area (Å²) in [5.74, 6) is 0.0815. The van der Waals surface area contributed by atoms with Crippen molar-refractivity contribution in [3.05, 3.63) is 84.1 Å². The van der Waals surface area contributed by atoms with E-state index in [0.29, 0.717) is 24.0 Å². The number of rotatable bonds is 6. The van der Waals surface area contributed by atoms with Gasteiger partial charge in [-0.2, -0.15) is 0 Å². The average Bonchev–Trinajstić information content (AvgIpc) is 3.33. The van der Waals surface area contributed by atoms with E-state index in [9.17, 15) is 9.90 Å². The number of anilines is 1. The summed E-state index contributed by atoms with van der Waals surface area (Å²) in [6, 6.07) is 11.3. The molecule has 1 aromatic heterocycles. The Balaban J connectivity index is 1.52. The number of aromatic hydroxyl groups is 1. The lowest BCUT2D eigenvalue weighted by Crippen LogP contribution is -2.43. The van der Waals surface area contributed by atoms with Gasteiger partial charge in [0, 0.05) is 51.2 Å². The van der Waals surface area contributed by atoms with E-state index in [0.717, 1.165) is 60.6 Å². The number of benzene rings is 2. The zero-order chi connectivity index (χ0) is 26.1. The fourth-order valence-electron chi connectivity index (χ4n) is 5.07. The molecule has 0 saturated carbocycles. The number of aromatic nitrogens is 2. The van der Waals surface area contributed by atoms with Crippen LogP contribution >= 0.6 is 0 Å². The largest absolute Gasteiger partial charge is 0.508 e.